The van der Waals surface area contributed by atoms with E-state index in [2.05, 4.69) is 15.8 Å². The molecule has 6 heteroatoms. The molecular formula is C17H18FN3OS. The van der Waals surface area contributed by atoms with E-state index in [0.717, 1.165) is 11.4 Å². The van der Waals surface area contributed by atoms with Crippen molar-refractivity contribution in [3.05, 3.63) is 59.9 Å². The molecule has 23 heavy (non-hydrogen) atoms. The first-order chi connectivity index (χ1) is 11.1. The highest BCUT2D eigenvalue weighted by Crippen LogP contribution is 2.15. The average molecular weight is 331 g/mol. The van der Waals surface area contributed by atoms with Crippen LogP contribution >= 0.6 is 12.2 Å². The summed E-state index contributed by atoms with van der Waals surface area (Å²) in [5, 5.41) is 7.52. The van der Waals surface area contributed by atoms with E-state index in [1.165, 1.54) is 12.1 Å². The molecule has 0 radical (unpaired) electrons. The van der Waals surface area contributed by atoms with E-state index in [1.807, 2.05) is 31.2 Å². The number of hydrogen-bond donors (Lipinski definition) is 2. The number of ether oxygens (including phenoxy) is 1. The number of anilines is 1. The normalized spacial score (nSPS) is 11.0. The summed E-state index contributed by atoms with van der Waals surface area (Å²) in [5.74, 6) is 0.504. The molecule has 0 aliphatic carbocycles. The summed E-state index contributed by atoms with van der Waals surface area (Å²) in [4.78, 5) is 0. The summed E-state index contributed by atoms with van der Waals surface area (Å²) in [6.45, 7) is 4.34. The van der Waals surface area contributed by atoms with Gasteiger partial charge in [-0.25, -0.2) is 4.39 Å². The van der Waals surface area contributed by atoms with Crippen molar-refractivity contribution < 1.29 is 9.13 Å². The minimum atomic E-state index is -0.299. The fraction of sp³-hybridized carbons (Fsp3) is 0.176. The summed E-state index contributed by atoms with van der Waals surface area (Å²) in [6, 6.07) is 13.7. The number of hydrogen-bond acceptors (Lipinski definition) is 3. The lowest BCUT2D eigenvalue weighted by molar-refractivity contribution is 0.340. The molecule has 120 valence electrons. The van der Waals surface area contributed by atoms with Crippen molar-refractivity contribution in [2.24, 2.45) is 5.10 Å². The van der Waals surface area contributed by atoms with Crippen LogP contribution in [-0.4, -0.2) is 17.4 Å². The molecule has 0 unspecified atom stereocenters. The largest absolute Gasteiger partial charge is 0.494 e. The van der Waals surface area contributed by atoms with Crippen molar-refractivity contribution in [1.82, 2.24) is 5.43 Å². The van der Waals surface area contributed by atoms with E-state index >= 15 is 0 Å². The number of benzene rings is 2. The Kier molecular flexibility index (Phi) is 6.05. The molecule has 0 saturated heterocycles. The third kappa shape index (κ3) is 5.34. The predicted octanol–water partition coefficient (Wildman–Crippen LogP) is 3.94. The number of halogens is 1. The zero-order chi connectivity index (χ0) is 16.7. The molecule has 2 rings (SSSR count). The van der Waals surface area contributed by atoms with Crippen molar-refractivity contribution in [3.8, 4) is 5.75 Å². The molecule has 0 aliphatic rings. The van der Waals surface area contributed by atoms with Crippen molar-refractivity contribution in [3.63, 3.8) is 0 Å². The van der Waals surface area contributed by atoms with E-state index in [1.54, 1.807) is 19.1 Å². The average Bonchev–Trinajstić information content (AvgIpc) is 2.55. The van der Waals surface area contributed by atoms with Gasteiger partial charge in [-0.1, -0.05) is 12.1 Å². The summed E-state index contributed by atoms with van der Waals surface area (Å²) >= 11 is 5.18. The van der Waals surface area contributed by atoms with E-state index in [0.29, 0.717) is 23.0 Å². The molecule has 2 aromatic carbocycles. The van der Waals surface area contributed by atoms with Crippen LogP contribution in [0.4, 0.5) is 10.1 Å². The van der Waals surface area contributed by atoms with Gasteiger partial charge >= 0.3 is 0 Å². The fourth-order valence-electron chi connectivity index (χ4n) is 1.87. The van der Waals surface area contributed by atoms with Crippen LogP contribution in [0.15, 0.2) is 53.6 Å². The first kappa shape index (κ1) is 16.9. The second kappa shape index (κ2) is 8.24. The molecule has 0 amide bonds. The molecule has 0 aliphatic heterocycles. The molecule has 4 nitrogen and oxygen atoms in total. The highest BCUT2D eigenvalue weighted by molar-refractivity contribution is 7.80. The molecule has 0 fully saturated rings. The molecular weight excluding hydrogens is 313 g/mol. The van der Waals surface area contributed by atoms with E-state index < -0.39 is 0 Å². The Morgan fingerprint density at radius 1 is 1.22 bits per heavy atom. The van der Waals surface area contributed by atoms with Crippen LogP contribution in [0, 0.1) is 5.82 Å². The molecule has 2 aromatic rings. The smallest absolute Gasteiger partial charge is 0.191 e. The van der Waals surface area contributed by atoms with E-state index in [4.69, 9.17) is 17.0 Å². The summed E-state index contributed by atoms with van der Waals surface area (Å²) in [5.41, 5.74) is 4.90. The number of rotatable bonds is 5. The minimum Gasteiger partial charge on any atom is -0.494 e. The maximum atomic E-state index is 13.2. The van der Waals surface area contributed by atoms with Gasteiger partial charge < -0.3 is 10.1 Å². The van der Waals surface area contributed by atoms with Crippen LogP contribution in [0.25, 0.3) is 0 Å². The molecule has 0 aromatic heterocycles. The van der Waals surface area contributed by atoms with Gasteiger partial charge in [0.05, 0.1) is 12.3 Å². The van der Waals surface area contributed by atoms with E-state index in [-0.39, 0.29) is 5.82 Å². The topological polar surface area (TPSA) is 45.6 Å². The molecule has 0 heterocycles. The van der Waals surface area contributed by atoms with Crippen molar-refractivity contribution in [2.45, 2.75) is 13.8 Å². The molecule has 0 saturated carbocycles. The predicted molar refractivity (Wildman–Crippen MR) is 95.6 cm³/mol. The molecule has 2 N–H and O–H groups in total. The van der Waals surface area contributed by atoms with Gasteiger partial charge in [0, 0.05) is 11.3 Å². The highest BCUT2D eigenvalue weighted by Gasteiger charge is 2.01. The summed E-state index contributed by atoms with van der Waals surface area (Å²) in [7, 11) is 0. The van der Waals surface area contributed by atoms with Gasteiger partial charge in [-0.2, -0.15) is 5.10 Å². The Hall–Kier alpha value is -2.47. The monoisotopic (exact) mass is 331 g/mol. The Morgan fingerprint density at radius 2 is 1.96 bits per heavy atom. The summed E-state index contributed by atoms with van der Waals surface area (Å²) in [6.07, 6.45) is 0. The standard InChI is InChI=1S/C17H18FN3OS/c1-3-22-16-9-7-15(8-10-16)19-17(23)21-20-12(2)13-5-4-6-14(18)11-13/h4-11H,3H2,1-2H3,(H2,19,21,23)/b20-12-. The third-order valence-electron chi connectivity index (χ3n) is 2.99. The first-order valence-electron chi connectivity index (χ1n) is 7.18. The third-order valence-corrected chi connectivity index (χ3v) is 3.18. The lowest BCUT2D eigenvalue weighted by Gasteiger charge is -2.09. The second-order valence-corrected chi connectivity index (χ2v) is 5.14. The number of nitrogens with zero attached hydrogens (tertiary/aromatic N) is 1. The summed E-state index contributed by atoms with van der Waals surface area (Å²) < 4.78 is 18.6. The van der Waals surface area contributed by atoms with Gasteiger partial charge in [0.15, 0.2) is 5.11 Å². The number of hydrazone groups is 1. The Labute approximate surface area is 140 Å². The fourth-order valence-corrected chi connectivity index (χ4v) is 2.04. The Balaban J connectivity index is 1.92. The van der Waals surface area contributed by atoms with Gasteiger partial charge in [-0.05, 0) is 62.5 Å². The van der Waals surface area contributed by atoms with Crippen LogP contribution in [-0.2, 0) is 0 Å². The lowest BCUT2D eigenvalue weighted by atomic mass is 10.1. The van der Waals surface area contributed by atoms with Gasteiger partial charge in [-0.15, -0.1) is 0 Å². The quantitative estimate of drug-likeness (QED) is 0.495. The van der Waals surface area contributed by atoms with Crippen molar-refractivity contribution >= 4 is 28.7 Å². The maximum Gasteiger partial charge on any atom is 0.191 e. The van der Waals surface area contributed by atoms with Crippen molar-refractivity contribution in [1.29, 1.82) is 0 Å². The minimum absolute atomic E-state index is 0.299. The molecule has 0 bridgehead atoms. The lowest BCUT2D eigenvalue weighted by Crippen LogP contribution is -2.24. The zero-order valence-electron chi connectivity index (χ0n) is 13.0. The van der Waals surface area contributed by atoms with Gasteiger partial charge in [0.2, 0.25) is 0 Å². The Morgan fingerprint density at radius 3 is 2.61 bits per heavy atom. The number of thiocarbonyl (C=S) groups is 1. The van der Waals surface area contributed by atoms with Crippen LogP contribution < -0.4 is 15.5 Å². The number of nitrogens with one attached hydrogen (secondary N) is 2. The van der Waals surface area contributed by atoms with Crippen molar-refractivity contribution in [2.75, 3.05) is 11.9 Å². The van der Waals surface area contributed by atoms with Gasteiger partial charge in [-0.3, -0.25) is 5.43 Å². The molecule has 0 spiro atoms. The van der Waals surface area contributed by atoms with Gasteiger partial charge in [0.1, 0.15) is 11.6 Å². The highest BCUT2D eigenvalue weighted by atomic mass is 32.1. The van der Waals surface area contributed by atoms with Crippen LogP contribution in [0.2, 0.25) is 0 Å². The second-order valence-electron chi connectivity index (χ2n) is 4.73. The van der Waals surface area contributed by atoms with Crippen LogP contribution in [0.5, 0.6) is 5.75 Å². The Bertz CT molecular complexity index is 701. The van der Waals surface area contributed by atoms with Crippen LogP contribution in [0.1, 0.15) is 19.4 Å². The SMILES string of the molecule is CCOc1ccc(NC(=S)N/N=C(/C)c2cccc(F)c2)cc1. The van der Waals surface area contributed by atoms with Crippen LogP contribution in [0.3, 0.4) is 0 Å². The first-order valence-corrected chi connectivity index (χ1v) is 7.59. The van der Waals surface area contributed by atoms with E-state index in [9.17, 15) is 4.39 Å². The van der Waals surface area contributed by atoms with Gasteiger partial charge in [0.25, 0.3) is 0 Å². The zero-order valence-corrected chi connectivity index (χ0v) is 13.8. The maximum absolute atomic E-state index is 13.2. The molecule has 0 atom stereocenters.